The zero-order valence-electron chi connectivity index (χ0n) is 13.9. The first-order valence-electron chi connectivity index (χ1n) is 8.15. The summed E-state index contributed by atoms with van der Waals surface area (Å²) < 4.78 is 0. The normalized spacial score (nSPS) is 23.5. The molecule has 2 atom stereocenters. The van der Waals surface area contributed by atoms with Gasteiger partial charge in [-0.25, -0.2) is 4.98 Å². The number of rotatable bonds is 2. The molecule has 142 valence electrons. The maximum absolute atomic E-state index is 12.6. The number of nitrogens with zero attached hydrogens (tertiary/aromatic N) is 3. The Morgan fingerprint density at radius 3 is 2.44 bits per heavy atom. The minimum Gasteiger partial charge on any atom is -0.352 e. The average Bonchev–Trinajstić information content (AvgIpc) is 2.54. The van der Waals surface area contributed by atoms with Crippen LogP contribution in [0.1, 0.15) is 25.7 Å². The van der Waals surface area contributed by atoms with Crippen molar-refractivity contribution in [3.8, 4) is 0 Å². The summed E-state index contributed by atoms with van der Waals surface area (Å²) in [5, 5.41) is 1.08. The number of halogens is 4. The summed E-state index contributed by atoms with van der Waals surface area (Å²) in [5.74, 6) is 1.10. The average molecular weight is 430 g/mol. The Balaban J connectivity index is 0.00000156. The fourth-order valence-corrected chi connectivity index (χ4v) is 3.99. The molecule has 1 saturated carbocycles. The van der Waals surface area contributed by atoms with Crippen LogP contribution in [-0.4, -0.2) is 48.0 Å². The van der Waals surface area contributed by atoms with E-state index in [1.165, 1.54) is 0 Å². The van der Waals surface area contributed by atoms with Crippen molar-refractivity contribution in [2.75, 3.05) is 31.1 Å². The van der Waals surface area contributed by atoms with Gasteiger partial charge in [0.15, 0.2) is 0 Å². The molecule has 2 unspecified atom stereocenters. The molecule has 2 N–H and O–H groups in total. The van der Waals surface area contributed by atoms with Crippen LogP contribution in [0.15, 0.2) is 12.3 Å². The summed E-state index contributed by atoms with van der Waals surface area (Å²) in [6.07, 6.45) is 5.49. The van der Waals surface area contributed by atoms with Gasteiger partial charge >= 0.3 is 0 Å². The molecular weight excluding hydrogens is 406 g/mol. The number of amides is 1. The van der Waals surface area contributed by atoms with Crippen LogP contribution in [-0.2, 0) is 4.79 Å². The van der Waals surface area contributed by atoms with Gasteiger partial charge in [-0.3, -0.25) is 4.79 Å². The predicted molar refractivity (Wildman–Crippen MR) is 107 cm³/mol. The molecule has 0 aromatic carbocycles. The van der Waals surface area contributed by atoms with Gasteiger partial charge in [0, 0.05) is 44.3 Å². The van der Waals surface area contributed by atoms with Crippen molar-refractivity contribution in [3.63, 3.8) is 0 Å². The molecule has 9 heteroatoms. The summed E-state index contributed by atoms with van der Waals surface area (Å²) in [4.78, 5) is 21.0. The smallest absolute Gasteiger partial charge is 0.225 e. The molecule has 2 aliphatic rings. The van der Waals surface area contributed by atoms with E-state index in [0.29, 0.717) is 23.1 Å². The lowest BCUT2D eigenvalue weighted by atomic mass is 9.85. The molecule has 0 radical (unpaired) electrons. The molecule has 1 aliphatic heterocycles. The molecule has 0 bridgehead atoms. The standard InChI is InChI=1S/C16H22Cl2N4O.2ClH/c17-12-9-14(18)15(20-10-12)21-4-6-22(7-5-21)16(23)11-2-1-3-13(19)8-11;;/h9-11,13H,1-8,19H2;2*1H. The van der Waals surface area contributed by atoms with Crippen LogP contribution in [0.2, 0.25) is 10.0 Å². The van der Waals surface area contributed by atoms with Crippen LogP contribution in [0, 0.1) is 5.92 Å². The Bertz CT molecular complexity index is 581. The minimum absolute atomic E-state index is 0. The summed E-state index contributed by atoms with van der Waals surface area (Å²) >= 11 is 12.1. The molecule has 1 amide bonds. The number of piperazine rings is 1. The van der Waals surface area contributed by atoms with Crippen molar-refractivity contribution in [1.82, 2.24) is 9.88 Å². The van der Waals surface area contributed by atoms with Gasteiger partial charge in [0.1, 0.15) is 5.82 Å². The van der Waals surface area contributed by atoms with Crippen molar-refractivity contribution in [1.29, 1.82) is 0 Å². The number of nitrogens with two attached hydrogens (primary N) is 1. The molecule has 1 aromatic heterocycles. The highest BCUT2D eigenvalue weighted by atomic mass is 35.5. The summed E-state index contributed by atoms with van der Waals surface area (Å²) in [6.45, 7) is 2.87. The van der Waals surface area contributed by atoms with Gasteiger partial charge < -0.3 is 15.5 Å². The lowest BCUT2D eigenvalue weighted by molar-refractivity contribution is -0.137. The molecule has 1 aliphatic carbocycles. The Morgan fingerprint density at radius 2 is 1.84 bits per heavy atom. The van der Waals surface area contributed by atoms with Gasteiger partial charge in [0.25, 0.3) is 0 Å². The van der Waals surface area contributed by atoms with Crippen molar-refractivity contribution >= 4 is 59.7 Å². The van der Waals surface area contributed by atoms with E-state index in [1.807, 2.05) is 4.90 Å². The van der Waals surface area contributed by atoms with E-state index in [-0.39, 0.29) is 42.7 Å². The van der Waals surface area contributed by atoms with Crippen LogP contribution in [0.4, 0.5) is 5.82 Å². The maximum Gasteiger partial charge on any atom is 0.225 e. The highest BCUT2D eigenvalue weighted by Crippen LogP contribution is 2.28. The van der Waals surface area contributed by atoms with Gasteiger partial charge in [0.2, 0.25) is 5.91 Å². The summed E-state index contributed by atoms with van der Waals surface area (Å²) in [7, 11) is 0. The number of hydrogen-bond acceptors (Lipinski definition) is 4. The topological polar surface area (TPSA) is 62.5 Å². The molecular formula is C16H24Cl4N4O. The van der Waals surface area contributed by atoms with Gasteiger partial charge in [-0.15, -0.1) is 24.8 Å². The Labute approximate surface area is 171 Å². The largest absolute Gasteiger partial charge is 0.352 e. The van der Waals surface area contributed by atoms with Gasteiger partial charge in [-0.2, -0.15) is 0 Å². The first-order chi connectivity index (χ1) is 11.0. The van der Waals surface area contributed by atoms with Gasteiger partial charge in [-0.1, -0.05) is 29.6 Å². The monoisotopic (exact) mass is 428 g/mol. The molecule has 1 saturated heterocycles. The minimum atomic E-state index is 0. The first kappa shape index (κ1) is 22.6. The van der Waals surface area contributed by atoms with Crippen LogP contribution in [0.3, 0.4) is 0 Å². The third kappa shape index (κ3) is 5.51. The quantitative estimate of drug-likeness (QED) is 0.782. The first-order valence-corrected chi connectivity index (χ1v) is 8.90. The highest BCUT2D eigenvalue weighted by molar-refractivity contribution is 6.36. The number of pyridine rings is 1. The van der Waals surface area contributed by atoms with E-state index in [1.54, 1.807) is 12.3 Å². The number of carbonyl (C=O) groups is 1. The van der Waals surface area contributed by atoms with Crippen molar-refractivity contribution < 1.29 is 4.79 Å². The van der Waals surface area contributed by atoms with Crippen LogP contribution >= 0.6 is 48.0 Å². The van der Waals surface area contributed by atoms with E-state index >= 15 is 0 Å². The SMILES string of the molecule is Cl.Cl.NC1CCCC(C(=O)N2CCN(c3ncc(Cl)cc3Cl)CC2)C1. The van der Waals surface area contributed by atoms with Crippen molar-refractivity contribution in [2.45, 2.75) is 31.7 Å². The third-order valence-corrected chi connectivity index (χ3v) is 5.23. The second-order valence-electron chi connectivity index (χ2n) is 6.39. The molecule has 3 rings (SSSR count). The molecule has 25 heavy (non-hydrogen) atoms. The van der Waals surface area contributed by atoms with Gasteiger partial charge in [-0.05, 0) is 25.3 Å². The number of anilines is 1. The third-order valence-electron chi connectivity index (χ3n) is 4.74. The highest BCUT2D eigenvalue weighted by Gasteiger charge is 2.31. The molecule has 0 spiro atoms. The van der Waals surface area contributed by atoms with E-state index in [0.717, 1.165) is 44.6 Å². The predicted octanol–water partition coefficient (Wildman–Crippen LogP) is 3.40. The maximum atomic E-state index is 12.6. The Hall–Kier alpha value is -0.460. The zero-order chi connectivity index (χ0) is 16.4. The fraction of sp³-hybridized carbons (Fsp3) is 0.625. The fourth-order valence-electron chi connectivity index (χ4n) is 3.49. The number of aromatic nitrogens is 1. The van der Waals surface area contributed by atoms with Crippen LogP contribution < -0.4 is 10.6 Å². The number of hydrogen-bond donors (Lipinski definition) is 1. The Kier molecular flexibility index (Phi) is 9.05. The molecule has 1 aromatic rings. The molecule has 2 heterocycles. The summed E-state index contributed by atoms with van der Waals surface area (Å²) in [6, 6.07) is 1.88. The van der Waals surface area contributed by atoms with E-state index in [9.17, 15) is 4.79 Å². The molecule has 5 nitrogen and oxygen atoms in total. The second kappa shape index (κ2) is 10.0. The number of carbonyl (C=O) groups excluding carboxylic acids is 1. The Morgan fingerprint density at radius 1 is 1.16 bits per heavy atom. The van der Waals surface area contributed by atoms with Crippen molar-refractivity contribution in [2.24, 2.45) is 11.7 Å². The molecule has 2 fully saturated rings. The lowest BCUT2D eigenvalue weighted by Gasteiger charge is -2.38. The second-order valence-corrected chi connectivity index (χ2v) is 7.24. The zero-order valence-corrected chi connectivity index (χ0v) is 17.0. The van der Waals surface area contributed by atoms with E-state index < -0.39 is 0 Å². The van der Waals surface area contributed by atoms with Crippen LogP contribution in [0.25, 0.3) is 0 Å². The van der Waals surface area contributed by atoms with Gasteiger partial charge in [0.05, 0.1) is 10.0 Å². The van der Waals surface area contributed by atoms with E-state index in [2.05, 4.69) is 9.88 Å². The lowest BCUT2D eigenvalue weighted by Crippen LogP contribution is -2.51. The van der Waals surface area contributed by atoms with E-state index in [4.69, 9.17) is 28.9 Å². The summed E-state index contributed by atoms with van der Waals surface area (Å²) in [5.41, 5.74) is 6.01. The van der Waals surface area contributed by atoms with Crippen molar-refractivity contribution in [3.05, 3.63) is 22.3 Å². The van der Waals surface area contributed by atoms with Crippen LogP contribution in [0.5, 0.6) is 0 Å².